The van der Waals surface area contributed by atoms with Gasteiger partial charge < -0.3 is 0 Å². The predicted octanol–water partition coefficient (Wildman–Crippen LogP) is 10.9. The van der Waals surface area contributed by atoms with Crippen molar-refractivity contribution in [3.8, 4) is 0 Å². The first kappa shape index (κ1) is 51.4. The van der Waals surface area contributed by atoms with Gasteiger partial charge in [-0.05, 0) is 0 Å². The maximum Gasteiger partial charge on any atom is 0.421 e. The highest BCUT2D eigenvalue weighted by Gasteiger charge is 2.62. The molecule has 0 aromatic heterocycles. The van der Waals surface area contributed by atoms with Crippen molar-refractivity contribution in [2.75, 3.05) is 20.7 Å². The number of rotatable bonds is 9. The number of halogens is 18. The van der Waals surface area contributed by atoms with Crippen LogP contribution in [0.5, 0.6) is 0 Å². The Labute approximate surface area is 220 Å². The van der Waals surface area contributed by atoms with Crippen LogP contribution in [0.3, 0.4) is 0 Å². The molecule has 0 rings (SSSR count). The van der Waals surface area contributed by atoms with E-state index in [0.29, 0.717) is 7.18 Å². The van der Waals surface area contributed by atoms with Gasteiger partial charge in [-0.15, -0.1) is 0 Å². The first-order valence-corrected chi connectivity index (χ1v) is 10.3. The molecule has 0 aliphatic carbocycles. The molecular weight excluding hydrogens is 614 g/mol. The smallest absolute Gasteiger partial charge is 0.284 e. The van der Waals surface area contributed by atoms with Crippen LogP contribution >= 0.6 is 0 Å². The molecule has 0 aliphatic rings. The van der Waals surface area contributed by atoms with Crippen molar-refractivity contribution < 1.29 is 88.5 Å². The summed E-state index contributed by atoms with van der Waals surface area (Å²) in [5.41, 5.74) is 0. The van der Waals surface area contributed by atoms with Gasteiger partial charge in [-0.1, -0.05) is 48.0 Å². The molecule has 252 valence electrons. The molecular formula is C20H34F18O2. The normalized spacial score (nSPS) is 13.8. The lowest BCUT2D eigenvalue weighted by Gasteiger charge is -2.31. The van der Waals surface area contributed by atoms with Gasteiger partial charge in [0.25, 0.3) is 0 Å². The third-order valence-corrected chi connectivity index (χ3v) is 2.79. The van der Waals surface area contributed by atoms with Crippen LogP contribution in [0.25, 0.3) is 0 Å². The van der Waals surface area contributed by atoms with E-state index in [4.69, 9.17) is 0 Å². The quantitative estimate of drug-likeness (QED) is 0.232. The first-order chi connectivity index (χ1) is 17.2. The van der Waals surface area contributed by atoms with E-state index in [1.165, 1.54) is 12.8 Å². The van der Waals surface area contributed by atoms with Crippen LogP contribution in [0.15, 0.2) is 0 Å². The molecule has 0 N–H and O–H groups in total. The fourth-order valence-corrected chi connectivity index (χ4v) is 1.29. The van der Waals surface area contributed by atoms with Crippen molar-refractivity contribution in [3.05, 3.63) is 0 Å². The predicted molar refractivity (Wildman–Crippen MR) is 110 cm³/mol. The second-order valence-corrected chi connectivity index (χ2v) is 6.85. The van der Waals surface area contributed by atoms with Crippen LogP contribution in [0, 0.1) is 5.92 Å². The van der Waals surface area contributed by atoms with Gasteiger partial charge in [0.2, 0.25) is 0 Å². The van der Waals surface area contributed by atoms with Gasteiger partial charge in [0.15, 0.2) is 19.7 Å². The third-order valence-electron chi connectivity index (χ3n) is 2.79. The average Bonchev–Trinajstić information content (AvgIpc) is 2.71. The lowest BCUT2D eigenvalue weighted by atomic mass is 10.00. The van der Waals surface area contributed by atoms with E-state index in [2.05, 4.69) is 37.2 Å². The van der Waals surface area contributed by atoms with E-state index in [-0.39, 0.29) is 14.4 Å². The van der Waals surface area contributed by atoms with Crippen molar-refractivity contribution in [2.24, 2.45) is 5.92 Å². The summed E-state index contributed by atoms with van der Waals surface area (Å²) in [4.78, 5) is 0. The Hall–Kier alpha value is -1.34. The maximum atomic E-state index is 12.9. The second-order valence-electron chi connectivity index (χ2n) is 6.85. The summed E-state index contributed by atoms with van der Waals surface area (Å²) in [6, 6.07) is 0. The molecule has 2 nitrogen and oxygen atoms in total. The van der Waals surface area contributed by atoms with Crippen LogP contribution < -0.4 is 0 Å². The number of ether oxygens (including phenoxy) is 2. The molecule has 0 fully saturated rings. The summed E-state index contributed by atoms with van der Waals surface area (Å²) in [6.45, 7) is 3.56. The molecule has 2 atom stereocenters. The summed E-state index contributed by atoms with van der Waals surface area (Å²) in [7, 11) is 0.500. The minimum Gasteiger partial charge on any atom is -0.284 e. The molecule has 40 heavy (non-hydrogen) atoms. The van der Waals surface area contributed by atoms with Gasteiger partial charge >= 0.3 is 36.6 Å². The zero-order valence-corrected chi connectivity index (χ0v) is 21.3. The van der Waals surface area contributed by atoms with E-state index in [1.54, 1.807) is 0 Å². The molecule has 0 bridgehead atoms. The molecule has 0 radical (unpaired) electrons. The van der Waals surface area contributed by atoms with E-state index in [0.717, 1.165) is 0 Å². The largest absolute Gasteiger partial charge is 0.421 e. The molecule has 2 unspecified atom stereocenters. The van der Waals surface area contributed by atoms with Gasteiger partial charge in [0, 0.05) is 13.3 Å². The molecule has 0 aromatic carbocycles. The summed E-state index contributed by atoms with van der Waals surface area (Å²) >= 11 is 0. The Morgan fingerprint density at radius 3 is 1.15 bits per heavy atom. The zero-order chi connectivity index (χ0) is 33.1. The number of hydrogen-bond acceptors (Lipinski definition) is 2. The van der Waals surface area contributed by atoms with Crippen molar-refractivity contribution >= 4 is 0 Å². The van der Waals surface area contributed by atoms with Crippen LogP contribution in [-0.4, -0.2) is 63.5 Å². The molecule has 0 saturated carbocycles. The molecule has 0 spiro atoms. The Kier molecular flexibility index (Phi) is 28.6. The lowest BCUT2D eigenvalue weighted by molar-refractivity contribution is -0.421. The van der Waals surface area contributed by atoms with Gasteiger partial charge in [0.05, 0.1) is 7.18 Å². The van der Waals surface area contributed by atoms with Crippen molar-refractivity contribution in [2.45, 2.75) is 104 Å². The SMILES string of the molecule is C.CC(F)(F)C(F)(F)OCF.CCC.CCC.CF.FCC(F)(F)OC(F)(F)C(CC(F)C(F)(F)F)C(F)(F)F. The number of alkyl halides is 18. The van der Waals surface area contributed by atoms with E-state index >= 15 is 0 Å². The van der Waals surface area contributed by atoms with E-state index in [9.17, 15) is 79.0 Å². The van der Waals surface area contributed by atoms with Crippen LogP contribution in [-0.2, 0) is 9.47 Å². The summed E-state index contributed by atoms with van der Waals surface area (Å²) in [6.07, 6.45) is -33.0. The molecule has 20 heteroatoms. The fourth-order valence-electron chi connectivity index (χ4n) is 1.29. The molecule has 0 heterocycles. The maximum absolute atomic E-state index is 12.9. The molecule has 0 aliphatic heterocycles. The second kappa shape index (κ2) is 22.3. The van der Waals surface area contributed by atoms with Crippen molar-refractivity contribution in [1.82, 2.24) is 0 Å². The van der Waals surface area contributed by atoms with Gasteiger partial charge in [0.1, 0.15) is 5.92 Å². The van der Waals surface area contributed by atoms with Crippen LogP contribution in [0.2, 0.25) is 0 Å². The highest BCUT2D eigenvalue weighted by Crippen LogP contribution is 2.46. The highest BCUT2D eigenvalue weighted by atomic mass is 19.4. The van der Waals surface area contributed by atoms with E-state index < -0.39 is 68.6 Å². The lowest BCUT2D eigenvalue weighted by Crippen LogP contribution is -2.48. The standard InChI is InChI=1S/C8H6F12O.C4H5F5O.2C3H8.CH3F.CH4/c9-2-5(11,12)21-8(19,20)3(6(13,14)15)1-4(10)7(16,17)18;1-3(6,7)4(8,9)10-2-5;2*1-3-2;1-2;/h3-4H,1-2H2;2H2,1H3;2*3H2,1-2H3;1H3;1H4. The minimum atomic E-state index is -6.20. The third kappa shape index (κ3) is 25.6. The van der Waals surface area contributed by atoms with E-state index in [1.807, 2.05) is 0 Å². The summed E-state index contributed by atoms with van der Waals surface area (Å²) in [5, 5.41) is 0. The molecule has 0 aromatic rings. The topological polar surface area (TPSA) is 18.5 Å². The Morgan fingerprint density at radius 1 is 0.650 bits per heavy atom. The van der Waals surface area contributed by atoms with Crippen LogP contribution in [0.4, 0.5) is 79.0 Å². The monoisotopic (exact) mass is 648 g/mol. The zero-order valence-electron chi connectivity index (χ0n) is 21.3. The number of hydrogen-bond donors (Lipinski definition) is 0. The molecule has 0 amide bonds. The Bertz CT molecular complexity index is 557. The molecule has 0 saturated heterocycles. The minimum absolute atomic E-state index is 0. The van der Waals surface area contributed by atoms with Gasteiger partial charge in [-0.25, -0.2) is 13.2 Å². The van der Waals surface area contributed by atoms with Gasteiger partial charge in [-0.2, -0.15) is 61.5 Å². The average molecular weight is 648 g/mol. The Morgan fingerprint density at radius 2 is 0.975 bits per heavy atom. The first-order valence-electron chi connectivity index (χ1n) is 10.3. The van der Waals surface area contributed by atoms with Gasteiger partial charge in [-0.3, -0.25) is 13.9 Å². The summed E-state index contributed by atoms with van der Waals surface area (Å²) < 4.78 is 218. The van der Waals surface area contributed by atoms with Crippen LogP contribution in [0.1, 0.15) is 61.3 Å². The van der Waals surface area contributed by atoms with Crippen molar-refractivity contribution in [1.29, 1.82) is 0 Å². The summed E-state index contributed by atoms with van der Waals surface area (Å²) in [5.74, 6) is -8.89. The fraction of sp³-hybridized carbons (Fsp3) is 1.00. The van der Waals surface area contributed by atoms with Crippen molar-refractivity contribution in [3.63, 3.8) is 0 Å². The Balaban J connectivity index is -0.000000126. The highest BCUT2D eigenvalue weighted by molar-refractivity contribution is 4.82.